The Labute approximate surface area is 156 Å². The molecular formula is C18H16Cl2N4O. The molecule has 0 aliphatic rings. The largest absolute Gasteiger partial charge is 0.386 e. The van der Waals surface area contributed by atoms with Crippen molar-refractivity contribution in [1.82, 2.24) is 5.32 Å². The van der Waals surface area contributed by atoms with E-state index >= 15 is 0 Å². The zero-order valence-electron chi connectivity index (χ0n) is 13.2. The minimum absolute atomic E-state index is 0.0685. The van der Waals surface area contributed by atoms with Crippen molar-refractivity contribution in [3.8, 4) is 6.07 Å². The number of rotatable bonds is 6. The highest BCUT2D eigenvalue weighted by Crippen LogP contribution is 2.25. The van der Waals surface area contributed by atoms with Gasteiger partial charge < -0.3 is 16.4 Å². The van der Waals surface area contributed by atoms with E-state index < -0.39 is 5.91 Å². The van der Waals surface area contributed by atoms with Gasteiger partial charge in [-0.1, -0.05) is 47.5 Å². The summed E-state index contributed by atoms with van der Waals surface area (Å²) >= 11 is 11.8. The van der Waals surface area contributed by atoms with E-state index in [4.69, 9.17) is 28.9 Å². The van der Waals surface area contributed by atoms with Crippen molar-refractivity contribution in [1.29, 1.82) is 5.26 Å². The number of nitrogens with zero attached hydrogens (tertiary/aromatic N) is 1. The fourth-order valence-electron chi connectivity index (χ4n) is 2.07. The van der Waals surface area contributed by atoms with Crippen molar-refractivity contribution in [3.05, 3.63) is 75.4 Å². The Balaban J connectivity index is 2.01. The first-order valence-corrected chi connectivity index (χ1v) is 8.17. The number of halogens is 2. The molecule has 4 N–H and O–H groups in total. The van der Waals surface area contributed by atoms with E-state index in [1.807, 2.05) is 30.3 Å². The van der Waals surface area contributed by atoms with Crippen LogP contribution in [-0.4, -0.2) is 5.91 Å². The van der Waals surface area contributed by atoms with Crippen molar-refractivity contribution in [2.24, 2.45) is 5.73 Å². The summed E-state index contributed by atoms with van der Waals surface area (Å²) in [6.07, 6.45) is 1.37. The molecule has 0 atom stereocenters. The second-order valence-corrected chi connectivity index (χ2v) is 6.00. The van der Waals surface area contributed by atoms with Crippen LogP contribution in [0, 0.1) is 11.3 Å². The maximum atomic E-state index is 12.2. The number of nitrogens with two attached hydrogens (primary N) is 1. The highest BCUT2D eigenvalue weighted by Gasteiger charge is 2.11. The summed E-state index contributed by atoms with van der Waals surface area (Å²) in [6, 6.07) is 14.3. The van der Waals surface area contributed by atoms with E-state index in [-0.39, 0.29) is 5.57 Å². The molecule has 0 aromatic heterocycles. The number of anilines is 1. The van der Waals surface area contributed by atoms with Gasteiger partial charge in [0.05, 0.1) is 10.7 Å². The van der Waals surface area contributed by atoms with Crippen LogP contribution in [0.3, 0.4) is 0 Å². The van der Waals surface area contributed by atoms with Crippen molar-refractivity contribution in [2.45, 2.75) is 13.1 Å². The number of nitriles is 1. The van der Waals surface area contributed by atoms with Gasteiger partial charge in [0.2, 0.25) is 0 Å². The second-order valence-electron chi connectivity index (χ2n) is 5.15. The molecule has 0 aliphatic heterocycles. The van der Waals surface area contributed by atoms with Gasteiger partial charge in [0, 0.05) is 24.3 Å². The number of nitrogens with one attached hydrogen (secondary N) is 2. The Morgan fingerprint density at radius 1 is 1.20 bits per heavy atom. The van der Waals surface area contributed by atoms with E-state index in [1.54, 1.807) is 12.1 Å². The first-order chi connectivity index (χ1) is 12.0. The van der Waals surface area contributed by atoms with Crippen LogP contribution < -0.4 is 16.4 Å². The first kappa shape index (κ1) is 18.8. The summed E-state index contributed by atoms with van der Waals surface area (Å²) < 4.78 is 0. The molecule has 2 aromatic carbocycles. The van der Waals surface area contributed by atoms with Crippen molar-refractivity contribution in [2.75, 3.05) is 5.32 Å². The van der Waals surface area contributed by atoms with Gasteiger partial charge >= 0.3 is 0 Å². The third-order valence-electron chi connectivity index (χ3n) is 3.32. The van der Waals surface area contributed by atoms with Crippen LogP contribution in [0.2, 0.25) is 10.0 Å². The molecule has 0 saturated heterocycles. The van der Waals surface area contributed by atoms with Crippen molar-refractivity contribution in [3.63, 3.8) is 0 Å². The Kier molecular flexibility index (Phi) is 6.84. The molecule has 25 heavy (non-hydrogen) atoms. The molecule has 1 amide bonds. The van der Waals surface area contributed by atoms with Gasteiger partial charge in [0.25, 0.3) is 5.91 Å². The molecule has 0 aliphatic carbocycles. The fourth-order valence-corrected chi connectivity index (χ4v) is 2.52. The highest BCUT2D eigenvalue weighted by atomic mass is 35.5. The van der Waals surface area contributed by atoms with Crippen LogP contribution in [0.25, 0.3) is 0 Å². The third kappa shape index (κ3) is 5.50. The molecule has 0 bridgehead atoms. The van der Waals surface area contributed by atoms with E-state index in [1.165, 1.54) is 12.3 Å². The number of carbonyl (C=O) groups excluding carboxylic acids is 1. The van der Waals surface area contributed by atoms with Gasteiger partial charge in [0.1, 0.15) is 11.6 Å². The van der Waals surface area contributed by atoms with Gasteiger partial charge in [-0.05, 0) is 29.3 Å². The topological polar surface area (TPSA) is 90.9 Å². The van der Waals surface area contributed by atoms with Gasteiger partial charge in [0.15, 0.2) is 0 Å². The molecule has 0 spiro atoms. The molecule has 7 heteroatoms. The van der Waals surface area contributed by atoms with Crippen LogP contribution in [0.15, 0.2) is 54.2 Å². The fraction of sp³-hybridized carbons (Fsp3) is 0.111. The molecule has 0 radical (unpaired) electrons. The van der Waals surface area contributed by atoms with Crippen LogP contribution >= 0.6 is 23.2 Å². The quantitative estimate of drug-likeness (QED) is 0.532. The van der Waals surface area contributed by atoms with Crippen molar-refractivity contribution >= 4 is 34.8 Å². The summed E-state index contributed by atoms with van der Waals surface area (Å²) in [5, 5.41) is 15.5. The number of hydrogen-bond donors (Lipinski definition) is 3. The first-order valence-electron chi connectivity index (χ1n) is 7.41. The molecule has 0 unspecified atom stereocenters. The maximum absolute atomic E-state index is 12.2. The zero-order chi connectivity index (χ0) is 18.2. The third-order valence-corrected chi connectivity index (χ3v) is 3.87. The van der Waals surface area contributed by atoms with Crippen LogP contribution in [0.4, 0.5) is 5.69 Å². The van der Waals surface area contributed by atoms with Gasteiger partial charge in [-0.2, -0.15) is 5.26 Å². The normalized spacial score (nSPS) is 10.9. The predicted octanol–water partition coefficient (Wildman–Crippen LogP) is 3.59. The van der Waals surface area contributed by atoms with Crippen LogP contribution in [0.1, 0.15) is 11.1 Å². The molecule has 0 saturated carbocycles. The molecule has 2 rings (SSSR count). The Morgan fingerprint density at radius 3 is 2.64 bits per heavy atom. The van der Waals surface area contributed by atoms with E-state index in [9.17, 15) is 10.1 Å². The number of hydrogen-bond acceptors (Lipinski definition) is 4. The van der Waals surface area contributed by atoms with Gasteiger partial charge in [-0.3, -0.25) is 4.79 Å². The minimum atomic E-state index is -0.560. The summed E-state index contributed by atoms with van der Waals surface area (Å²) in [7, 11) is 0. The van der Waals surface area contributed by atoms with E-state index in [0.717, 1.165) is 11.1 Å². The van der Waals surface area contributed by atoms with Crippen LogP contribution in [0.5, 0.6) is 0 Å². The lowest BCUT2D eigenvalue weighted by Crippen LogP contribution is -2.17. The molecule has 0 heterocycles. The monoisotopic (exact) mass is 374 g/mol. The molecule has 2 aromatic rings. The summed E-state index contributed by atoms with van der Waals surface area (Å²) in [4.78, 5) is 12.2. The Hall–Kier alpha value is -2.52. The summed E-state index contributed by atoms with van der Waals surface area (Å²) in [5.41, 5.74) is 7.93. The van der Waals surface area contributed by atoms with Crippen LogP contribution in [-0.2, 0) is 17.9 Å². The Morgan fingerprint density at radius 2 is 1.96 bits per heavy atom. The zero-order valence-corrected chi connectivity index (χ0v) is 14.7. The maximum Gasteiger partial charge on any atom is 0.267 e. The molecule has 128 valence electrons. The average molecular weight is 375 g/mol. The predicted molar refractivity (Wildman–Crippen MR) is 100.0 cm³/mol. The van der Waals surface area contributed by atoms with E-state index in [0.29, 0.717) is 28.8 Å². The van der Waals surface area contributed by atoms with Gasteiger partial charge in [-0.15, -0.1) is 0 Å². The number of amides is 1. The summed E-state index contributed by atoms with van der Waals surface area (Å²) in [5.74, 6) is -0.560. The number of benzene rings is 2. The number of carbonyl (C=O) groups is 1. The standard InChI is InChI=1S/C18H16Cl2N4O/c19-15-4-5-17(16(20)7-15)24-18(25)14(9-22)11-23-10-13-3-1-2-12(6-13)8-21/h1-7,11,23H,8,10,21H2,(H,24,25)/b14-11-. The smallest absolute Gasteiger partial charge is 0.267 e. The SMILES string of the molecule is N#C/C(=C/NCc1cccc(CN)c1)C(=O)Nc1ccc(Cl)cc1Cl. The lowest BCUT2D eigenvalue weighted by Gasteiger charge is -2.08. The summed E-state index contributed by atoms with van der Waals surface area (Å²) in [6.45, 7) is 0.922. The lowest BCUT2D eigenvalue weighted by atomic mass is 10.1. The molecule has 5 nitrogen and oxygen atoms in total. The Bertz CT molecular complexity index is 843. The average Bonchev–Trinajstić information content (AvgIpc) is 2.61. The highest BCUT2D eigenvalue weighted by molar-refractivity contribution is 6.36. The van der Waals surface area contributed by atoms with Gasteiger partial charge in [-0.25, -0.2) is 0 Å². The van der Waals surface area contributed by atoms with E-state index in [2.05, 4.69) is 10.6 Å². The molecule has 0 fully saturated rings. The minimum Gasteiger partial charge on any atom is -0.386 e. The lowest BCUT2D eigenvalue weighted by molar-refractivity contribution is -0.112. The molecular weight excluding hydrogens is 359 g/mol. The second kappa shape index (κ2) is 9.09. The van der Waals surface area contributed by atoms with Crippen molar-refractivity contribution < 1.29 is 4.79 Å².